The van der Waals surface area contributed by atoms with Crippen LogP contribution in [0.25, 0.3) is 11.5 Å². The van der Waals surface area contributed by atoms with Crippen LogP contribution in [0.1, 0.15) is 38.1 Å². The Hall–Kier alpha value is -2.05. The molecule has 0 bridgehead atoms. The van der Waals surface area contributed by atoms with Gasteiger partial charge in [-0.15, -0.1) is 0 Å². The zero-order chi connectivity index (χ0) is 19.6. The summed E-state index contributed by atoms with van der Waals surface area (Å²) in [4.78, 5) is 7.11. The van der Waals surface area contributed by atoms with Crippen LogP contribution < -0.4 is 9.47 Å². The van der Waals surface area contributed by atoms with E-state index in [1.807, 2.05) is 39.0 Å². The highest BCUT2D eigenvalue weighted by Gasteiger charge is 2.31. The Labute approximate surface area is 161 Å². The average molecular weight is 374 g/mol. The number of nitrogens with zero attached hydrogens (tertiary/aromatic N) is 2. The number of aromatic nitrogens is 1. The van der Waals surface area contributed by atoms with Gasteiger partial charge in [-0.05, 0) is 70.8 Å². The number of hydrogen-bond acceptors (Lipinski definition) is 6. The lowest BCUT2D eigenvalue weighted by molar-refractivity contribution is -0.0137. The van der Waals surface area contributed by atoms with Gasteiger partial charge >= 0.3 is 0 Å². The van der Waals surface area contributed by atoms with Gasteiger partial charge in [-0.25, -0.2) is 4.98 Å². The topological polar surface area (TPSA) is 68.0 Å². The van der Waals surface area contributed by atoms with Crippen LogP contribution in [-0.2, 0) is 6.54 Å². The van der Waals surface area contributed by atoms with Gasteiger partial charge in [0.2, 0.25) is 5.89 Å². The molecule has 1 aromatic heterocycles. The van der Waals surface area contributed by atoms with Crippen molar-refractivity contribution < 1.29 is 19.0 Å². The Morgan fingerprint density at radius 3 is 2.52 bits per heavy atom. The number of methoxy groups -OCH3 is 2. The molecule has 1 aliphatic heterocycles. The molecule has 0 radical (unpaired) electrons. The van der Waals surface area contributed by atoms with Crippen LogP contribution in [0.2, 0.25) is 0 Å². The molecule has 1 N–H and O–H groups in total. The number of rotatable bonds is 6. The van der Waals surface area contributed by atoms with Gasteiger partial charge in [0.05, 0.1) is 31.1 Å². The van der Waals surface area contributed by atoms with Crippen molar-refractivity contribution in [3.05, 3.63) is 29.7 Å². The molecular formula is C21H30N2O4. The lowest BCUT2D eigenvalue weighted by atomic mass is 9.83. The molecule has 0 unspecified atom stereocenters. The van der Waals surface area contributed by atoms with E-state index in [2.05, 4.69) is 4.90 Å². The zero-order valence-corrected chi connectivity index (χ0v) is 16.9. The molecule has 2 aromatic rings. The standard InChI is InChI=1S/C21H30N2O4/c1-14-18(13-23-10-8-15(9-11-23)21(2,3)24)22-20(27-14)17-12-16(25-4)6-7-19(17)26-5/h6-7,12,15,24H,8-11,13H2,1-5H3. The summed E-state index contributed by atoms with van der Waals surface area (Å²) in [6.45, 7) is 8.42. The van der Waals surface area contributed by atoms with Gasteiger partial charge in [0.1, 0.15) is 17.3 Å². The van der Waals surface area contributed by atoms with E-state index in [1.165, 1.54) is 0 Å². The molecule has 1 fully saturated rings. The molecular weight excluding hydrogens is 344 g/mol. The smallest absolute Gasteiger partial charge is 0.230 e. The summed E-state index contributed by atoms with van der Waals surface area (Å²) >= 11 is 0. The van der Waals surface area contributed by atoms with Crippen LogP contribution in [0.3, 0.4) is 0 Å². The van der Waals surface area contributed by atoms with Gasteiger partial charge in [0.25, 0.3) is 0 Å². The van der Waals surface area contributed by atoms with Crippen LogP contribution in [0.4, 0.5) is 0 Å². The third-order valence-corrected chi connectivity index (χ3v) is 5.49. The monoisotopic (exact) mass is 374 g/mol. The van der Waals surface area contributed by atoms with E-state index >= 15 is 0 Å². The van der Waals surface area contributed by atoms with Gasteiger partial charge in [-0.3, -0.25) is 4.90 Å². The molecule has 0 amide bonds. The van der Waals surface area contributed by atoms with Crippen LogP contribution in [-0.4, -0.2) is 47.9 Å². The minimum Gasteiger partial charge on any atom is -0.497 e. The van der Waals surface area contributed by atoms with Gasteiger partial charge in [-0.1, -0.05) is 0 Å². The van der Waals surface area contributed by atoms with Gasteiger partial charge in [0, 0.05) is 6.54 Å². The number of aliphatic hydroxyl groups is 1. The van der Waals surface area contributed by atoms with Gasteiger partial charge in [-0.2, -0.15) is 0 Å². The Bertz CT molecular complexity index is 771. The third kappa shape index (κ3) is 4.45. The van der Waals surface area contributed by atoms with Crippen molar-refractivity contribution >= 4 is 0 Å². The number of piperidine rings is 1. The minimum atomic E-state index is -0.605. The maximum atomic E-state index is 10.2. The molecule has 6 nitrogen and oxygen atoms in total. The summed E-state index contributed by atoms with van der Waals surface area (Å²) in [6, 6.07) is 5.59. The molecule has 0 atom stereocenters. The summed E-state index contributed by atoms with van der Waals surface area (Å²) < 4.78 is 16.7. The summed E-state index contributed by atoms with van der Waals surface area (Å²) in [6.07, 6.45) is 1.99. The molecule has 0 saturated carbocycles. The molecule has 0 spiro atoms. The highest BCUT2D eigenvalue weighted by molar-refractivity contribution is 5.65. The van der Waals surface area contributed by atoms with Crippen molar-refractivity contribution in [3.8, 4) is 23.0 Å². The highest BCUT2D eigenvalue weighted by atomic mass is 16.5. The fourth-order valence-electron chi connectivity index (χ4n) is 3.68. The second-order valence-corrected chi connectivity index (χ2v) is 7.79. The van der Waals surface area contributed by atoms with Crippen molar-refractivity contribution in [2.24, 2.45) is 5.92 Å². The Morgan fingerprint density at radius 1 is 1.22 bits per heavy atom. The van der Waals surface area contributed by atoms with E-state index in [1.54, 1.807) is 14.2 Å². The molecule has 3 rings (SSSR count). The van der Waals surface area contributed by atoms with E-state index in [9.17, 15) is 5.11 Å². The van der Waals surface area contributed by atoms with Crippen molar-refractivity contribution in [3.63, 3.8) is 0 Å². The fraction of sp³-hybridized carbons (Fsp3) is 0.571. The summed E-state index contributed by atoms with van der Waals surface area (Å²) in [5, 5.41) is 10.2. The predicted octanol–water partition coefficient (Wildman–Crippen LogP) is 3.65. The SMILES string of the molecule is COc1ccc(OC)c(-c2nc(CN3CCC(C(C)(C)O)CC3)c(C)o2)c1. The lowest BCUT2D eigenvalue weighted by Crippen LogP contribution is -2.41. The van der Waals surface area contributed by atoms with Crippen molar-refractivity contribution in [2.75, 3.05) is 27.3 Å². The van der Waals surface area contributed by atoms with Crippen molar-refractivity contribution in [2.45, 2.75) is 45.8 Å². The van der Waals surface area contributed by atoms with Crippen molar-refractivity contribution in [1.29, 1.82) is 0 Å². The van der Waals surface area contributed by atoms with Crippen LogP contribution in [0.5, 0.6) is 11.5 Å². The molecule has 0 aliphatic carbocycles. The maximum Gasteiger partial charge on any atom is 0.230 e. The number of ether oxygens (including phenoxy) is 2. The third-order valence-electron chi connectivity index (χ3n) is 5.49. The van der Waals surface area contributed by atoms with Crippen LogP contribution in [0.15, 0.2) is 22.6 Å². The average Bonchev–Trinajstić information content (AvgIpc) is 3.01. The second-order valence-electron chi connectivity index (χ2n) is 7.79. The second kappa shape index (κ2) is 7.90. The molecule has 1 aromatic carbocycles. The number of hydrogen-bond donors (Lipinski definition) is 1. The molecule has 27 heavy (non-hydrogen) atoms. The first kappa shape index (κ1) is 19.7. The Kier molecular flexibility index (Phi) is 5.77. The zero-order valence-electron chi connectivity index (χ0n) is 16.9. The molecule has 148 valence electrons. The number of aryl methyl sites for hydroxylation is 1. The minimum absolute atomic E-state index is 0.351. The first-order valence-corrected chi connectivity index (χ1v) is 9.45. The van der Waals surface area contributed by atoms with E-state index < -0.39 is 5.60 Å². The van der Waals surface area contributed by atoms with E-state index in [0.717, 1.165) is 55.2 Å². The van der Waals surface area contributed by atoms with Gasteiger partial charge in [0.15, 0.2) is 0 Å². The summed E-state index contributed by atoms with van der Waals surface area (Å²) in [5.41, 5.74) is 1.12. The maximum absolute atomic E-state index is 10.2. The number of likely N-dealkylation sites (tertiary alicyclic amines) is 1. The summed E-state index contributed by atoms with van der Waals surface area (Å²) in [5.74, 6) is 3.15. The van der Waals surface area contributed by atoms with E-state index in [4.69, 9.17) is 18.9 Å². The molecule has 2 heterocycles. The largest absolute Gasteiger partial charge is 0.497 e. The number of oxazole rings is 1. The number of benzene rings is 1. The highest BCUT2D eigenvalue weighted by Crippen LogP contribution is 2.34. The lowest BCUT2D eigenvalue weighted by Gasteiger charge is -2.37. The first-order valence-electron chi connectivity index (χ1n) is 9.45. The quantitative estimate of drug-likeness (QED) is 0.832. The first-order chi connectivity index (χ1) is 12.8. The fourth-order valence-corrected chi connectivity index (χ4v) is 3.68. The molecule has 1 aliphatic rings. The van der Waals surface area contributed by atoms with Crippen LogP contribution in [0, 0.1) is 12.8 Å². The van der Waals surface area contributed by atoms with E-state index in [0.29, 0.717) is 17.6 Å². The summed E-state index contributed by atoms with van der Waals surface area (Å²) in [7, 11) is 3.27. The predicted molar refractivity (Wildman–Crippen MR) is 104 cm³/mol. The van der Waals surface area contributed by atoms with Crippen LogP contribution >= 0.6 is 0 Å². The Balaban J connectivity index is 1.74. The molecule has 6 heteroatoms. The Morgan fingerprint density at radius 2 is 1.93 bits per heavy atom. The van der Waals surface area contributed by atoms with Crippen molar-refractivity contribution in [1.82, 2.24) is 9.88 Å². The van der Waals surface area contributed by atoms with E-state index in [-0.39, 0.29) is 0 Å². The molecule has 1 saturated heterocycles. The van der Waals surface area contributed by atoms with Gasteiger partial charge < -0.3 is 19.0 Å². The normalized spacial score (nSPS) is 16.5.